The fourth-order valence-corrected chi connectivity index (χ4v) is 1.66. The Morgan fingerprint density at radius 3 is 2.68 bits per heavy atom. The van der Waals surface area contributed by atoms with Crippen LogP contribution in [-0.4, -0.2) is 18.1 Å². The van der Waals surface area contributed by atoms with Gasteiger partial charge in [0.15, 0.2) is 0 Å². The first-order chi connectivity index (χ1) is 9.81. The Morgan fingerprint density at radius 2 is 2.09 bits per heavy atom. The molecule has 0 atom stereocenters. The van der Waals surface area contributed by atoms with Gasteiger partial charge in [0.1, 0.15) is 12.1 Å². The first kappa shape index (κ1) is 20.2. The molecule has 3 N–H and O–H groups in total. The minimum Gasteiger partial charge on any atom is -0.494 e. The predicted octanol–water partition coefficient (Wildman–Crippen LogP) is 3.57. The van der Waals surface area contributed by atoms with Gasteiger partial charge in [-0.3, -0.25) is 4.79 Å². The molecule has 1 aromatic carbocycles. The lowest BCUT2D eigenvalue weighted by Crippen LogP contribution is -2.40. The summed E-state index contributed by atoms with van der Waals surface area (Å²) in [6.45, 7) is 6.19. The van der Waals surface area contributed by atoms with Crippen molar-refractivity contribution in [3.8, 4) is 5.75 Å². The first-order valence-corrected chi connectivity index (χ1v) is 6.92. The SMILES string of the molecule is CC(C)(C)NC(=O)c1cccc(OCCCC(N)=CF)c1.Cl. The molecule has 124 valence electrons. The summed E-state index contributed by atoms with van der Waals surface area (Å²) in [4.78, 5) is 12.0. The van der Waals surface area contributed by atoms with E-state index < -0.39 is 0 Å². The number of halogens is 2. The summed E-state index contributed by atoms with van der Waals surface area (Å²) >= 11 is 0. The van der Waals surface area contributed by atoms with E-state index in [4.69, 9.17) is 10.5 Å². The largest absolute Gasteiger partial charge is 0.494 e. The van der Waals surface area contributed by atoms with Crippen LogP contribution < -0.4 is 15.8 Å². The van der Waals surface area contributed by atoms with Crippen LogP contribution in [0.2, 0.25) is 0 Å². The summed E-state index contributed by atoms with van der Waals surface area (Å²) in [5, 5.41) is 2.89. The first-order valence-electron chi connectivity index (χ1n) is 6.92. The molecule has 0 bridgehead atoms. The molecular weight excluding hydrogens is 307 g/mol. The van der Waals surface area contributed by atoms with E-state index in [-0.39, 0.29) is 29.6 Å². The van der Waals surface area contributed by atoms with Crippen LogP contribution in [0.1, 0.15) is 44.0 Å². The van der Waals surface area contributed by atoms with Gasteiger partial charge >= 0.3 is 0 Å². The zero-order valence-corrected chi connectivity index (χ0v) is 14.0. The van der Waals surface area contributed by atoms with Crippen LogP contribution in [0.15, 0.2) is 36.3 Å². The fraction of sp³-hybridized carbons (Fsp3) is 0.438. The summed E-state index contributed by atoms with van der Waals surface area (Å²) in [5.41, 5.74) is 5.82. The van der Waals surface area contributed by atoms with Crippen LogP contribution in [0.3, 0.4) is 0 Å². The van der Waals surface area contributed by atoms with Gasteiger partial charge in [0.05, 0.1) is 6.61 Å². The van der Waals surface area contributed by atoms with Gasteiger partial charge in [-0.15, -0.1) is 12.4 Å². The molecule has 0 aliphatic heterocycles. The summed E-state index contributed by atoms with van der Waals surface area (Å²) in [5.74, 6) is 0.469. The second-order valence-corrected chi connectivity index (χ2v) is 5.87. The highest BCUT2D eigenvalue weighted by Gasteiger charge is 2.15. The minimum atomic E-state index is -0.288. The van der Waals surface area contributed by atoms with Crippen LogP contribution in [0, 0.1) is 0 Å². The summed E-state index contributed by atoms with van der Waals surface area (Å²) in [7, 11) is 0. The van der Waals surface area contributed by atoms with Crippen LogP contribution >= 0.6 is 12.4 Å². The molecule has 1 aromatic rings. The number of nitrogens with two attached hydrogens (primary N) is 1. The van der Waals surface area contributed by atoms with Gasteiger partial charge in [0.25, 0.3) is 5.91 Å². The lowest BCUT2D eigenvalue weighted by Gasteiger charge is -2.20. The van der Waals surface area contributed by atoms with Gasteiger partial charge in [-0.2, -0.15) is 0 Å². The summed E-state index contributed by atoms with van der Waals surface area (Å²) in [6.07, 6.45) is 1.46. The second-order valence-electron chi connectivity index (χ2n) is 5.87. The van der Waals surface area contributed by atoms with Gasteiger partial charge in [-0.1, -0.05) is 6.07 Å². The molecule has 6 heteroatoms. The minimum absolute atomic E-state index is 0. The van der Waals surface area contributed by atoms with Crippen molar-refractivity contribution < 1.29 is 13.9 Å². The van der Waals surface area contributed by atoms with E-state index in [0.717, 1.165) is 0 Å². The van der Waals surface area contributed by atoms with Crippen LogP contribution in [0.5, 0.6) is 5.75 Å². The van der Waals surface area contributed by atoms with E-state index in [9.17, 15) is 9.18 Å². The number of carbonyl (C=O) groups is 1. The van der Waals surface area contributed by atoms with Crippen molar-refractivity contribution in [3.05, 3.63) is 41.9 Å². The smallest absolute Gasteiger partial charge is 0.251 e. The third-order valence-corrected chi connectivity index (χ3v) is 2.60. The van der Waals surface area contributed by atoms with E-state index in [0.29, 0.717) is 37.1 Å². The van der Waals surface area contributed by atoms with Crippen molar-refractivity contribution >= 4 is 18.3 Å². The predicted molar refractivity (Wildman–Crippen MR) is 89.0 cm³/mol. The highest BCUT2D eigenvalue weighted by atomic mass is 35.5. The molecule has 22 heavy (non-hydrogen) atoms. The average molecular weight is 331 g/mol. The monoisotopic (exact) mass is 330 g/mol. The van der Waals surface area contributed by atoms with E-state index in [2.05, 4.69) is 5.32 Å². The van der Waals surface area contributed by atoms with Gasteiger partial charge in [0, 0.05) is 16.8 Å². The molecule has 0 aliphatic rings. The zero-order chi connectivity index (χ0) is 15.9. The zero-order valence-electron chi connectivity index (χ0n) is 13.2. The van der Waals surface area contributed by atoms with Gasteiger partial charge < -0.3 is 15.8 Å². The molecule has 1 amide bonds. The highest BCUT2D eigenvalue weighted by molar-refractivity contribution is 5.95. The lowest BCUT2D eigenvalue weighted by molar-refractivity contribution is 0.0919. The number of nitrogens with one attached hydrogen (secondary N) is 1. The second kappa shape index (κ2) is 9.30. The third-order valence-electron chi connectivity index (χ3n) is 2.60. The van der Waals surface area contributed by atoms with E-state index >= 15 is 0 Å². The topological polar surface area (TPSA) is 64.3 Å². The summed E-state index contributed by atoms with van der Waals surface area (Å²) < 4.78 is 17.6. The Bertz CT molecular complexity index is 513. The number of benzene rings is 1. The molecule has 0 aliphatic carbocycles. The van der Waals surface area contributed by atoms with Gasteiger partial charge in [0.2, 0.25) is 0 Å². The Morgan fingerprint density at radius 1 is 1.41 bits per heavy atom. The molecule has 0 saturated carbocycles. The van der Waals surface area contributed by atoms with Crippen LogP contribution in [0.25, 0.3) is 0 Å². The van der Waals surface area contributed by atoms with Crippen LogP contribution in [0.4, 0.5) is 4.39 Å². The van der Waals surface area contributed by atoms with Gasteiger partial charge in [-0.25, -0.2) is 4.39 Å². The maximum absolute atomic E-state index is 12.0. The molecular formula is C16H24ClFN2O2. The van der Waals surface area contributed by atoms with E-state index in [1.165, 1.54) is 0 Å². The molecule has 0 radical (unpaired) electrons. The maximum atomic E-state index is 12.0. The van der Waals surface area contributed by atoms with Crippen LogP contribution in [-0.2, 0) is 0 Å². The number of rotatable bonds is 6. The molecule has 4 nitrogen and oxygen atoms in total. The number of allylic oxidation sites excluding steroid dienone is 1. The molecule has 0 fully saturated rings. The highest BCUT2D eigenvalue weighted by Crippen LogP contribution is 2.15. The Kier molecular flexibility index (Phi) is 8.56. The van der Waals surface area contributed by atoms with Crippen molar-refractivity contribution in [2.24, 2.45) is 5.73 Å². The standard InChI is InChI=1S/C16H23FN2O2.ClH/c1-16(2,3)19-15(20)12-6-4-8-14(10-12)21-9-5-7-13(18)11-17;/h4,6,8,10-11H,5,7,9,18H2,1-3H3,(H,19,20);1H. The van der Waals surface area contributed by atoms with Gasteiger partial charge in [-0.05, 0) is 51.8 Å². The Balaban J connectivity index is 0.00000441. The Hall–Kier alpha value is -1.75. The Labute approximate surface area is 137 Å². The van der Waals surface area contributed by atoms with Crippen molar-refractivity contribution in [1.82, 2.24) is 5.32 Å². The van der Waals surface area contributed by atoms with Crippen molar-refractivity contribution in [1.29, 1.82) is 0 Å². The number of amides is 1. The molecule has 0 saturated heterocycles. The summed E-state index contributed by atoms with van der Waals surface area (Å²) in [6, 6.07) is 6.97. The fourth-order valence-electron chi connectivity index (χ4n) is 1.66. The number of ether oxygens (including phenoxy) is 1. The molecule has 0 spiro atoms. The number of hydrogen-bond acceptors (Lipinski definition) is 3. The molecule has 0 unspecified atom stereocenters. The lowest BCUT2D eigenvalue weighted by atomic mass is 10.1. The number of carbonyl (C=O) groups excluding carboxylic acids is 1. The van der Waals surface area contributed by atoms with Crippen molar-refractivity contribution in [2.75, 3.05) is 6.61 Å². The quantitative estimate of drug-likeness (QED) is 0.784. The molecule has 1 rings (SSSR count). The van der Waals surface area contributed by atoms with E-state index in [1.54, 1.807) is 24.3 Å². The van der Waals surface area contributed by atoms with Crippen molar-refractivity contribution in [3.63, 3.8) is 0 Å². The maximum Gasteiger partial charge on any atom is 0.251 e. The average Bonchev–Trinajstić information content (AvgIpc) is 2.41. The van der Waals surface area contributed by atoms with E-state index in [1.807, 2.05) is 20.8 Å². The number of hydrogen-bond donors (Lipinski definition) is 2. The molecule has 0 aromatic heterocycles. The van der Waals surface area contributed by atoms with Crippen molar-refractivity contribution in [2.45, 2.75) is 39.2 Å². The third kappa shape index (κ3) is 7.88. The molecule has 0 heterocycles. The normalized spacial score (nSPS) is 11.5.